The van der Waals surface area contributed by atoms with Gasteiger partial charge < -0.3 is 19.8 Å². The lowest BCUT2D eigenvalue weighted by molar-refractivity contribution is -0.120. The number of rotatable bonds is 6. The van der Waals surface area contributed by atoms with E-state index >= 15 is 0 Å². The summed E-state index contributed by atoms with van der Waals surface area (Å²) < 4.78 is 48.6. The minimum atomic E-state index is -4.59. The second-order valence-electron chi connectivity index (χ2n) is 4.80. The SMILES string of the molecule is [B][C@@H]1O[C@H](CC(F)(CC)OP(=O)(O)C(C)O)[C@@H](O)[C@H]1F. The minimum Gasteiger partial charge on any atom is -0.387 e. The normalized spacial score (nSPS) is 38.1. The second kappa shape index (κ2) is 6.38. The summed E-state index contributed by atoms with van der Waals surface area (Å²) in [5, 5.41) is 18.6. The van der Waals surface area contributed by atoms with Gasteiger partial charge in [0, 0.05) is 12.8 Å². The summed E-state index contributed by atoms with van der Waals surface area (Å²) in [6.07, 6.45) is -5.88. The number of hydrogen-bond donors (Lipinski definition) is 3. The molecule has 0 saturated carbocycles. The van der Waals surface area contributed by atoms with Gasteiger partial charge in [-0.25, -0.2) is 8.78 Å². The quantitative estimate of drug-likeness (QED) is 0.490. The van der Waals surface area contributed by atoms with Crippen molar-refractivity contribution in [3.63, 3.8) is 0 Å². The molecule has 1 fully saturated rings. The minimum absolute atomic E-state index is 0.358. The van der Waals surface area contributed by atoms with Gasteiger partial charge in [0.1, 0.15) is 20.1 Å². The molecule has 0 aromatic heterocycles. The average molecular weight is 314 g/mol. The summed E-state index contributed by atoms with van der Waals surface area (Å²) in [6, 6.07) is -1.39. The fraction of sp³-hybridized carbons (Fsp3) is 1.00. The van der Waals surface area contributed by atoms with E-state index in [0.29, 0.717) is 0 Å². The maximum absolute atomic E-state index is 14.4. The molecular formula is C10H18BF2O6P. The van der Waals surface area contributed by atoms with Crippen LogP contribution in [-0.4, -0.2) is 59.0 Å². The van der Waals surface area contributed by atoms with Crippen molar-refractivity contribution in [3.8, 4) is 0 Å². The Morgan fingerprint density at radius 3 is 2.50 bits per heavy atom. The molecule has 1 aliphatic heterocycles. The lowest BCUT2D eigenvalue weighted by atomic mass is 9.93. The zero-order valence-electron chi connectivity index (χ0n) is 11.1. The van der Waals surface area contributed by atoms with Crippen molar-refractivity contribution < 1.29 is 37.7 Å². The van der Waals surface area contributed by atoms with E-state index in [9.17, 15) is 23.3 Å². The molecule has 3 N–H and O–H groups in total. The summed E-state index contributed by atoms with van der Waals surface area (Å²) in [5.74, 6) is -4.44. The molecule has 10 heteroatoms. The number of halogens is 2. The molecule has 116 valence electrons. The van der Waals surface area contributed by atoms with Crippen LogP contribution in [0.25, 0.3) is 0 Å². The molecule has 0 spiro atoms. The van der Waals surface area contributed by atoms with E-state index in [2.05, 4.69) is 4.52 Å². The predicted octanol–water partition coefficient (Wildman–Crippen LogP) is 0.585. The van der Waals surface area contributed by atoms with Gasteiger partial charge in [-0.1, -0.05) is 6.92 Å². The maximum atomic E-state index is 14.4. The molecule has 1 rings (SSSR count). The molecule has 3 unspecified atom stereocenters. The molecule has 1 aliphatic rings. The Morgan fingerprint density at radius 1 is 1.60 bits per heavy atom. The van der Waals surface area contributed by atoms with Gasteiger partial charge in [-0.05, 0) is 6.92 Å². The van der Waals surface area contributed by atoms with Crippen LogP contribution in [0.5, 0.6) is 0 Å². The number of ether oxygens (including phenoxy) is 1. The van der Waals surface area contributed by atoms with E-state index < -0.39 is 50.1 Å². The van der Waals surface area contributed by atoms with Crippen molar-refractivity contribution in [1.82, 2.24) is 0 Å². The van der Waals surface area contributed by atoms with Crippen molar-refractivity contribution in [2.24, 2.45) is 0 Å². The summed E-state index contributed by atoms with van der Waals surface area (Å²) in [5.41, 5.74) is 0. The summed E-state index contributed by atoms with van der Waals surface area (Å²) in [7, 11) is 0.639. The lowest BCUT2D eigenvalue weighted by Crippen LogP contribution is -2.37. The second-order valence-corrected chi connectivity index (χ2v) is 6.86. The third kappa shape index (κ3) is 3.99. The van der Waals surface area contributed by atoms with E-state index in [4.69, 9.17) is 17.7 Å². The summed E-state index contributed by atoms with van der Waals surface area (Å²) >= 11 is 0. The first-order valence-electron chi connectivity index (χ1n) is 6.16. The highest BCUT2D eigenvalue weighted by Gasteiger charge is 2.48. The Hall–Kier alpha value is -0.0451. The first kappa shape index (κ1) is 18.0. The summed E-state index contributed by atoms with van der Waals surface area (Å²) in [4.78, 5) is 9.34. The number of alkyl halides is 2. The molecule has 6 nitrogen and oxygen atoms in total. The Labute approximate surface area is 117 Å². The Kier molecular flexibility index (Phi) is 5.74. The smallest absolute Gasteiger partial charge is 0.358 e. The van der Waals surface area contributed by atoms with Crippen LogP contribution in [0.4, 0.5) is 8.78 Å². The molecule has 0 aromatic rings. The van der Waals surface area contributed by atoms with Gasteiger partial charge in [0.25, 0.3) is 0 Å². The van der Waals surface area contributed by atoms with Gasteiger partial charge in [0.15, 0.2) is 5.85 Å². The predicted molar refractivity (Wildman–Crippen MR) is 66.7 cm³/mol. The van der Waals surface area contributed by atoms with Crippen molar-refractivity contribution in [2.75, 3.05) is 0 Å². The van der Waals surface area contributed by atoms with Crippen LogP contribution in [-0.2, 0) is 13.8 Å². The molecule has 1 saturated heterocycles. The maximum Gasteiger partial charge on any atom is 0.358 e. The topological polar surface area (TPSA) is 96.2 Å². The van der Waals surface area contributed by atoms with E-state index in [1.807, 2.05) is 0 Å². The van der Waals surface area contributed by atoms with Crippen molar-refractivity contribution >= 4 is 15.4 Å². The van der Waals surface area contributed by atoms with Crippen molar-refractivity contribution in [3.05, 3.63) is 0 Å². The Bertz CT molecular complexity index is 387. The molecule has 2 radical (unpaired) electrons. The van der Waals surface area contributed by atoms with Gasteiger partial charge >= 0.3 is 7.60 Å². The van der Waals surface area contributed by atoms with Crippen LogP contribution in [0.1, 0.15) is 26.7 Å². The van der Waals surface area contributed by atoms with E-state index in [1.165, 1.54) is 6.92 Å². The number of aliphatic hydroxyl groups excluding tert-OH is 2. The van der Waals surface area contributed by atoms with Crippen LogP contribution < -0.4 is 0 Å². The zero-order chi connectivity index (χ0) is 15.7. The molecule has 0 bridgehead atoms. The van der Waals surface area contributed by atoms with Crippen LogP contribution in [0.2, 0.25) is 0 Å². The first-order valence-corrected chi connectivity index (χ1v) is 7.80. The standard InChI is InChI=1S/C10H18BF2O6P/c1-3-10(13,19-20(16,17)5(2)14)4-6-8(15)7(12)9(11)18-6/h5-9,14-15H,3-4H2,1-2H3,(H,16,17)/t5?,6-,7-,8-,9-,10?/m1/s1. The van der Waals surface area contributed by atoms with Crippen LogP contribution in [0, 0.1) is 0 Å². The highest BCUT2D eigenvalue weighted by atomic mass is 31.2. The molecular weight excluding hydrogens is 296 g/mol. The molecule has 20 heavy (non-hydrogen) atoms. The lowest BCUT2D eigenvalue weighted by Gasteiger charge is -2.30. The van der Waals surface area contributed by atoms with Gasteiger partial charge in [-0.3, -0.25) is 9.09 Å². The average Bonchev–Trinajstić information content (AvgIpc) is 2.56. The molecule has 0 aliphatic carbocycles. The Morgan fingerprint density at radius 2 is 2.15 bits per heavy atom. The first-order chi connectivity index (χ1) is 9.02. The summed E-state index contributed by atoms with van der Waals surface area (Å²) in [6.45, 7) is 2.31. The largest absolute Gasteiger partial charge is 0.387 e. The van der Waals surface area contributed by atoms with E-state index in [-0.39, 0.29) is 6.42 Å². The molecule has 0 amide bonds. The number of aliphatic hydroxyl groups is 2. The number of hydrogen-bond acceptors (Lipinski definition) is 5. The zero-order valence-corrected chi connectivity index (χ0v) is 12.0. The Balaban J connectivity index is 2.78. The molecule has 1 heterocycles. The van der Waals surface area contributed by atoms with Gasteiger partial charge in [0.05, 0.1) is 12.1 Å². The monoisotopic (exact) mass is 314 g/mol. The van der Waals surface area contributed by atoms with Crippen molar-refractivity contribution in [2.45, 2.75) is 62.8 Å². The molecule has 0 aromatic carbocycles. The van der Waals surface area contributed by atoms with E-state index in [1.54, 1.807) is 0 Å². The van der Waals surface area contributed by atoms with Gasteiger partial charge in [-0.15, -0.1) is 0 Å². The highest BCUT2D eigenvalue weighted by molar-refractivity contribution is 7.53. The molecule has 7 atom stereocenters. The third-order valence-corrected chi connectivity index (χ3v) is 4.69. The van der Waals surface area contributed by atoms with Crippen LogP contribution in [0.15, 0.2) is 0 Å². The third-order valence-electron chi connectivity index (χ3n) is 3.15. The van der Waals surface area contributed by atoms with Gasteiger partial charge in [-0.2, -0.15) is 0 Å². The van der Waals surface area contributed by atoms with Gasteiger partial charge in [0.2, 0.25) is 5.85 Å². The van der Waals surface area contributed by atoms with Crippen molar-refractivity contribution in [1.29, 1.82) is 0 Å². The van der Waals surface area contributed by atoms with E-state index in [0.717, 1.165) is 6.92 Å². The highest BCUT2D eigenvalue weighted by Crippen LogP contribution is 2.52. The van der Waals surface area contributed by atoms with Crippen LogP contribution >= 0.6 is 7.60 Å². The fourth-order valence-electron chi connectivity index (χ4n) is 1.78. The van der Waals surface area contributed by atoms with Crippen LogP contribution in [0.3, 0.4) is 0 Å². The fourth-order valence-corrected chi connectivity index (χ4v) is 2.61.